The van der Waals surface area contributed by atoms with E-state index in [4.69, 9.17) is 5.11 Å². The Kier molecular flexibility index (Phi) is 2.81. The summed E-state index contributed by atoms with van der Waals surface area (Å²) < 4.78 is 1.51. The zero-order valence-corrected chi connectivity index (χ0v) is 10.1. The second kappa shape index (κ2) is 4.14. The molecule has 0 saturated carbocycles. The Morgan fingerprint density at radius 3 is 2.76 bits per heavy atom. The van der Waals surface area contributed by atoms with E-state index >= 15 is 0 Å². The van der Waals surface area contributed by atoms with Crippen LogP contribution in [0.3, 0.4) is 0 Å². The molecule has 0 unspecified atom stereocenters. The standard InChI is InChI=1S/C11H10N2O3S/c1-6(14)9-8(5-13(2)12-9)10-7(11(15)16)3-4-17-10/h3-5H,1-2H3,(H,15,16). The summed E-state index contributed by atoms with van der Waals surface area (Å²) in [7, 11) is 1.70. The van der Waals surface area contributed by atoms with E-state index in [0.717, 1.165) is 0 Å². The van der Waals surface area contributed by atoms with Crippen molar-refractivity contribution in [3.8, 4) is 10.4 Å². The first-order valence-corrected chi connectivity index (χ1v) is 5.74. The van der Waals surface area contributed by atoms with Crippen LogP contribution in [0.15, 0.2) is 17.6 Å². The van der Waals surface area contributed by atoms with Crippen molar-refractivity contribution in [2.24, 2.45) is 7.05 Å². The van der Waals surface area contributed by atoms with Crippen molar-refractivity contribution in [3.63, 3.8) is 0 Å². The molecule has 0 spiro atoms. The number of carbonyl (C=O) groups is 2. The van der Waals surface area contributed by atoms with Crippen LogP contribution in [0.25, 0.3) is 10.4 Å². The highest BCUT2D eigenvalue weighted by atomic mass is 32.1. The fourth-order valence-electron chi connectivity index (χ4n) is 1.60. The first-order valence-electron chi connectivity index (χ1n) is 4.86. The van der Waals surface area contributed by atoms with Crippen LogP contribution in [0.5, 0.6) is 0 Å². The minimum Gasteiger partial charge on any atom is -0.478 e. The number of carboxylic acids is 1. The maximum Gasteiger partial charge on any atom is 0.337 e. The van der Waals surface area contributed by atoms with Crippen molar-refractivity contribution in [2.75, 3.05) is 0 Å². The largest absolute Gasteiger partial charge is 0.478 e. The van der Waals surface area contributed by atoms with Crippen molar-refractivity contribution < 1.29 is 14.7 Å². The van der Waals surface area contributed by atoms with Crippen molar-refractivity contribution in [2.45, 2.75) is 6.92 Å². The van der Waals surface area contributed by atoms with Gasteiger partial charge in [0.1, 0.15) is 5.69 Å². The molecule has 6 heteroatoms. The number of carbonyl (C=O) groups excluding carboxylic acids is 1. The predicted molar refractivity (Wildman–Crippen MR) is 63.5 cm³/mol. The second-order valence-electron chi connectivity index (χ2n) is 3.59. The van der Waals surface area contributed by atoms with E-state index in [1.807, 2.05) is 0 Å². The Bertz CT molecular complexity index is 598. The van der Waals surface area contributed by atoms with Gasteiger partial charge in [-0.2, -0.15) is 5.10 Å². The lowest BCUT2D eigenvalue weighted by atomic mass is 10.1. The highest BCUT2D eigenvalue weighted by molar-refractivity contribution is 7.14. The molecule has 2 aromatic heterocycles. The SMILES string of the molecule is CC(=O)c1nn(C)cc1-c1sccc1C(=O)O. The molecule has 0 atom stereocenters. The Labute approximate surface area is 101 Å². The summed E-state index contributed by atoms with van der Waals surface area (Å²) in [6, 6.07) is 1.53. The molecule has 0 radical (unpaired) electrons. The summed E-state index contributed by atoms with van der Waals surface area (Å²) in [5.41, 5.74) is 1.08. The van der Waals surface area contributed by atoms with Crippen LogP contribution in [0, 0.1) is 0 Å². The second-order valence-corrected chi connectivity index (χ2v) is 4.51. The Morgan fingerprint density at radius 1 is 1.47 bits per heavy atom. The number of carboxylic acid groups (broad SMARTS) is 1. The topological polar surface area (TPSA) is 72.2 Å². The van der Waals surface area contributed by atoms with Gasteiger partial charge in [-0.15, -0.1) is 11.3 Å². The molecule has 2 heterocycles. The molecule has 0 aliphatic heterocycles. The molecule has 5 nitrogen and oxygen atoms in total. The number of hydrogen-bond donors (Lipinski definition) is 1. The van der Waals surface area contributed by atoms with Crippen molar-refractivity contribution in [3.05, 3.63) is 28.9 Å². The Balaban J connectivity index is 2.64. The van der Waals surface area contributed by atoms with Crippen molar-refractivity contribution in [1.82, 2.24) is 9.78 Å². The number of ketones is 1. The Hall–Kier alpha value is -1.95. The highest BCUT2D eigenvalue weighted by Crippen LogP contribution is 2.31. The predicted octanol–water partition coefficient (Wildman–Crippen LogP) is 2.05. The lowest BCUT2D eigenvalue weighted by Gasteiger charge is -1.98. The molecule has 0 aromatic carbocycles. The van der Waals surface area contributed by atoms with Gasteiger partial charge in [0.25, 0.3) is 0 Å². The van der Waals surface area contributed by atoms with E-state index in [2.05, 4.69) is 5.10 Å². The molecule has 2 rings (SSSR count). The molecule has 0 amide bonds. The number of rotatable bonds is 3. The van der Waals surface area contributed by atoms with Gasteiger partial charge >= 0.3 is 5.97 Å². The third-order valence-electron chi connectivity index (χ3n) is 2.30. The van der Waals surface area contributed by atoms with Crippen molar-refractivity contribution in [1.29, 1.82) is 0 Å². The normalized spacial score (nSPS) is 10.5. The maximum atomic E-state index is 11.4. The van der Waals surface area contributed by atoms with Crippen LogP contribution in [-0.4, -0.2) is 26.6 Å². The zero-order valence-electron chi connectivity index (χ0n) is 9.30. The van der Waals surface area contributed by atoms with Gasteiger partial charge in [-0.25, -0.2) is 4.79 Å². The van der Waals surface area contributed by atoms with Gasteiger partial charge in [0.2, 0.25) is 0 Å². The molecule has 0 fully saturated rings. The van der Waals surface area contributed by atoms with Gasteiger partial charge in [-0.3, -0.25) is 9.48 Å². The van der Waals surface area contributed by atoms with Crippen LogP contribution < -0.4 is 0 Å². The third kappa shape index (κ3) is 1.99. The third-order valence-corrected chi connectivity index (χ3v) is 3.25. The lowest BCUT2D eigenvalue weighted by Crippen LogP contribution is -1.99. The molecule has 1 N–H and O–H groups in total. The van der Waals surface area contributed by atoms with Gasteiger partial charge in [-0.05, 0) is 11.4 Å². The van der Waals surface area contributed by atoms with E-state index in [0.29, 0.717) is 16.1 Å². The summed E-state index contributed by atoms with van der Waals surface area (Å²) in [5, 5.41) is 14.8. The van der Waals surface area contributed by atoms with Gasteiger partial charge in [0.15, 0.2) is 5.78 Å². The first-order chi connectivity index (χ1) is 8.00. The number of aryl methyl sites for hydroxylation is 1. The summed E-state index contributed by atoms with van der Waals surface area (Å²) >= 11 is 1.29. The van der Waals surface area contributed by atoms with Gasteiger partial charge in [0.05, 0.1) is 10.4 Å². The highest BCUT2D eigenvalue weighted by Gasteiger charge is 2.20. The molecule has 0 saturated heterocycles. The smallest absolute Gasteiger partial charge is 0.337 e. The van der Waals surface area contributed by atoms with E-state index in [1.54, 1.807) is 18.6 Å². The molecular formula is C11H10N2O3S. The molecule has 0 bridgehead atoms. The molecular weight excluding hydrogens is 240 g/mol. The van der Waals surface area contributed by atoms with Crippen LogP contribution in [0.1, 0.15) is 27.8 Å². The van der Waals surface area contributed by atoms with Crippen molar-refractivity contribution >= 4 is 23.1 Å². The van der Waals surface area contributed by atoms with Gasteiger partial charge in [-0.1, -0.05) is 0 Å². The lowest BCUT2D eigenvalue weighted by molar-refractivity contribution is 0.0698. The monoisotopic (exact) mass is 250 g/mol. The van der Waals surface area contributed by atoms with Crippen LogP contribution in [0.2, 0.25) is 0 Å². The maximum absolute atomic E-state index is 11.4. The summed E-state index contributed by atoms with van der Waals surface area (Å²) in [6.07, 6.45) is 1.66. The molecule has 17 heavy (non-hydrogen) atoms. The fraction of sp³-hybridized carbons (Fsp3) is 0.182. The van der Waals surface area contributed by atoms with Crippen LogP contribution in [-0.2, 0) is 7.05 Å². The summed E-state index contributed by atoms with van der Waals surface area (Å²) in [5.74, 6) is -1.18. The first kappa shape index (κ1) is 11.5. The molecule has 2 aromatic rings. The number of nitrogens with zero attached hydrogens (tertiary/aromatic N) is 2. The zero-order chi connectivity index (χ0) is 12.6. The van der Waals surface area contributed by atoms with Gasteiger partial charge < -0.3 is 5.11 Å². The summed E-state index contributed by atoms with van der Waals surface area (Å²) in [4.78, 5) is 23.0. The molecule has 0 aliphatic rings. The number of aromatic nitrogens is 2. The number of aromatic carboxylic acids is 1. The quantitative estimate of drug-likeness (QED) is 0.846. The number of Topliss-reactive ketones (excluding diaryl/α,β-unsaturated/α-hetero) is 1. The van der Waals surface area contributed by atoms with E-state index < -0.39 is 5.97 Å². The van der Waals surface area contributed by atoms with Crippen LogP contribution in [0.4, 0.5) is 0 Å². The number of thiophene rings is 1. The average molecular weight is 250 g/mol. The molecule has 88 valence electrons. The molecule has 0 aliphatic carbocycles. The minimum atomic E-state index is -1.00. The summed E-state index contributed by atoms with van der Waals surface area (Å²) in [6.45, 7) is 1.42. The average Bonchev–Trinajstić information content (AvgIpc) is 2.82. The van der Waals surface area contributed by atoms with E-state index in [-0.39, 0.29) is 11.3 Å². The van der Waals surface area contributed by atoms with E-state index in [9.17, 15) is 9.59 Å². The number of hydrogen-bond acceptors (Lipinski definition) is 4. The fourth-order valence-corrected chi connectivity index (χ4v) is 2.50. The Morgan fingerprint density at radius 2 is 2.18 bits per heavy atom. The van der Waals surface area contributed by atoms with Crippen LogP contribution >= 0.6 is 11.3 Å². The van der Waals surface area contributed by atoms with Gasteiger partial charge in [0, 0.05) is 25.7 Å². The van der Waals surface area contributed by atoms with E-state index in [1.165, 1.54) is 29.0 Å². The minimum absolute atomic E-state index is 0.176.